The Bertz CT molecular complexity index is 1520. The topological polar surface area (TPSA) is 134 Å². The number of carbonyl (C=O) groups excluding carboxylic acids is 1. The summed E-state index contributed by atoms with van der Waals surface area (Å²) in [6.07, 6.45) is 1.72. The molecule has 3 aromatic heterocycles. The van der Waals surface area contributed by atoms with Crippen molar-refractivity contribution in [3.8, 4) is 17.1 Å². The number of rotatable bonds is 4. The van der Waals surface area contributed by atoms with Gasteiger partial charge in [-0.15, -0.1) is 5.10 Å². The number of para-hydroxylation sites is 1. The van der Waals surface area contributed by atoms with Crippen LogP contribution in [-0.4, -0.2) is 41.1 Å². The van der Waals surface area contributed by atoms with Crippen LogP contribution in [0.3, 0.4) is 0 Å². The number of amides is 1. The smallest absolute Gasteiger partial charge is 0.320 e. The molecular weight excluding hydrogens is 408 g/mol. The molecule has 0 aliphatic heterocycles. The zero-order valence-corrected chi connectivity index (χ0v) is 17.2. The lowest BCUT2D eigenvalue weighted by Crippen LogP contribution is -2.15. The first kappa shape index (κ1) is 19.4. The molecule has 3 N–H and O–H groups in total. The molecule has 32 heavy (non-hydrogen) atoms. The number of benzene rings is 2. The standard InChI is InChI=1S/C22H18N8O2/c1-12-8-9-15(20-25-22(32)28-27-20)11-16(12)24-21(31)18-13(2)30(29-26-18)17-7-3-5-14-6-4-10-23-19(14)17/h3-11H,1-2H3,(H,24,31)(H2,25,27,28,32). The number of hydrogen-bond acceptors (Lipinski definition) is 6. The van der Waals surface area contributed by atoms with Crippen molar-refractivity contribution >= 4 is 22.5 Å². The van der Waals surface area contributed by atoms with Crippen molar-refractivity contribution in [1.29, 1.82) is 0 Å². The summed E-state index contributed by atoms with van der Waals surface area (Å²) in [4.78, 5) is 31.4. The Balaban J connectivity index is 1.48. The predicted octanol–water partition coefficient (Wildman–Crippen LogP) is 2.76. The zero-order chi connectivity index (χ0) is 22.2. The van der Waals surface area contributed by atoms with Crippen LogP contribution in [0, 0.1) is 13.8 Å². The van der Waals surface area contributed by atoms with Crippen molar-refractivity contribution < 1.29 is 4.79 Å². The van der Waals surface area contributed by atoms with Gasteiger partial charge in [0.1, 0.15) is 0 Å². The van der Waals surface area contributed by atoms with Gasteiger partial charge in [-0.2, -0.15) is 5.10 Å². The van der Waals surface area contributed by atoms with Crippen LogP contribution < -0.4 is 11.0 Å². The van der Waals surface area contributed by atoms with Gasteiger partial charge in [-0.3, -0.25) is 14.8 Å². The lowest BCUT2D eigenvalue weighted by atomic mass is 10.1. The Labute approximate surface area is 181 Å². The number of nitrogens with zero attached hydrogens (tertiary/aromatic N) is 5. The third-order valence-electron chi connectivity index (χ3n) is 5.21. The largest absolute Gasteiger partial charge is 0.340 e. The maximum atomic E-state index is 13.0. The maximum absolute atomic E-state index is 13.0. The van der Waals surface area contributed by atoms with Crippen LogP contribution in [0.4, 0.5) is 5.69 Å². The van der Waals surface area contributed by atoms with Gasteiger partial charge < -0.3 is 5.32 Å². The minimum Gasteiger partial charge on any atom is -0.320 e. The number of hydrogen-bond donors (Lipinski definition) is 3. The number of aromatic amines is 2. The highest BCUT2D eigenvalue weighted by atomic mass is 16.2. The van der Waals surface area contributed by atoms with E-state index in [0.29, 0.717) is 22.8 Å². The molecule has 2 aromatic carbocycles. The molecule has 0 aliphatic carbocycles. The number of carbonyl (C=O) groups is 1. The zero-order valence-electron chi connectivity index (χ0n) is 17.2. The molecule has 158 valence electrons. The third-order valence-corrected chi connectivity index (χ3v) is 5.21. The molecule has 0 saturated carbocycles. The minimum absolute atomic E-state index is 0.205. The van der Waals surface area contributed by atoms with Gasteiger partial charge >= 0.3 is 5.69 Å². The highest BCUT2D eigenvalue weighted by Gasteiger charge is 2.20. The number of pyridine rings is 1. The monoisotopic (exact) mass is 426 g/mol. The second kappa shape index (κ2) is 7.58. The molecule has 3 heterocycles. The third kappa shape index (κ3) is 3.33. The number of anilines is 1. The number of fused-ring (bicyclic) bond motifs is 1. The molecule has 0 radical (unpaired) electrons. The minimum atomic E-state index is -0.402. The van der Waals surface area contributed by atoms with Crippen LogP contribution in [0.5, 0.6) is 0 Å². The molecule has 0 bridgehead atoms. The molecule has 0 unspecified atom stereocenters. The van der Waals surface area contributed by atoms with E-state index in [0.717, 1.165) is 22.2 Å². The van der Waals surface area contributed by atoms with Crippen LogP contribution in [0.15, 0.2) is 59.5 Å². The van der Waals surface area contributed by atoms with Crippen molar-refractivity contribution in [3.05, 3.63) is 82.2 Å². The second-order valence-corrected chi connectivity index (χ2v) is 7.30. The van der Waals surface area contributed by atoms with E-state index >= 15 is 0 Å². The summed E-state index contributed by atoms with van der Waals surface area (Å²) < 4.78 is 1.61. The first-order valence-electron chi connectivity index (χ1n) is 9.85. The summed E-state index contributed by atoms with van der Waals surface area (Å²) in [6, 6.07) is 15.0. The normalized spacial score (nSPS) is 11.1. The Morgan fingerprint density at radius 3 is 2.75 bits per heavy atom. The van der Waals surface area contributed by atoms with E-state index in [1.807, 2.05) is 49.4 Å². The van der Waals surface area contributed by atoms with Gasteiger partial charge in [-0.1, -0.05) is 35.5 Å². The van der Waals surface area contributed by atoms with Gasteiger partial charge in [0, 0.05) is 22.8 Å². The Hall–Kier alpha value is -4.60. The average molecular weight is 426 g/mol. The summed E-state index contributed by atoms with van der Waals surface area (Å²) in [6.45, 7) is 3.66. The van der Waals surface area contributed by atoms with Gasteiger partial charge in [0.25, 0.3) is 5.91 Å². The van der Waals surface area contributed by atoms with Crippen molar-refractivity contribution in [3.63, 3.8) is 0 Å². The highest BCUT2D eigenvalue weighted by Crippen LogP contribution is 2.24. The molecule has 10 heteroatoms. The molecule has 5 rings (SSSR count). The number of aromatic nitrogens is 7. The van der Waals surface area contributed by atoms with Crippen molar-refractivity contribution in [1.82, 2.24) is 35.2 Å². The highest BCUT2D eigenvalue weighted by molar-refractivity contribution is 6.04. The Kier molecular flexibility index (Phi) is 4.59. The number of nitrogens with one attached hydrogen (secondary N) is 3. The van der Waals surface area contributed by atoms with E-state index in [1.54, 1.807) is 23.9 Å². The van der Waals surface area contributed by atoms with Crippen molar-refractivity contribution in [2.24, 2.45) is 0 Å². The summed E-state index contributed by atoms with van der Waals surface area (Å²) in [5, 5.41) is 18.4. The Morgan fingerprint density at radius 2 is 1.94 bits per heavy atom. The molecule has 0 atom stereocenters. The fraction of sp³-hybridized carbons (Fsp3) is 0.0909. The molecule has 10 nitrogen and oxygen atoms in total. The maximum Gasteiger partial charge on any atom is 0.340 e. The Morgan fingerprint density at radius 1 is 1.09 bits per heavy atom. The summed E-state index contributed by atoms with van der Waals surface area (Å²) in [5.41, 5.74) is 3.99. The molecule has 0 spiro atoms. The van der Waals surface area contributed by atoms with E-state index < -0.39 is 11.6 Å². The van der Waals surface area contributed by atoms with Gasteiger partial charge in [0.15, 0.2) is 11.5 Å². The van der Waals surface area contributed by atoms with Crippen LogP contribution in [0.25, 0.3) is 28.0 Å². The molecule has 0 saturated heterocycles. The average Bonchev–Trinajstić information content (AvgIpc) is 3.40. The fourth-order valence-electron chi connectivity index (χ4n) is 3.52. The summed E-state index contributed by atoms with van der Waals surface area (Å²) >= 11 is 0. The van der Waals surface area contributed by atoms with E-state index in [-0.39, 0.29) is 5.69 Å². The lowest BCUT2D eigenvalue weighted by molar-refractivity contribution is 0.102. The van der Waals surface area contributed by atoms with Crippen LogP contribution >= 0.6 is 0 Å². The molecule has 0 fully saturated rings. The summed E-state index contributed by atoms with van der Waals surface area (Å²) in [5.74, 6) is -0.00574. The van der Waals surface area contributed by atoms with Gasteiger partial charge in [-0.25, -0.2) is 14.6 Å². The quantitative estimate of drug-likeness (QED) is 0.405. The van der Waals surface area contributed by atoms with E-state index in [2.05, 4.69) is 35.8 Å². The van der Waals surface area contributed by atoms with Crippen LogP contribution in [0.2, 0.25) is 0 Å². The fourth-order valence-corrected chi connectivity index (χ4v) is 3.52. The van der Waals surface area contributed by atoms with Gasteiger partial charge in [0.05, 0.1) is 16.9 Å². The second-order valence-electron chi connectivity index (χ2n) is 7.30. The number of aryl methyl sites for hydroxylation is 1. The van der Waals surface area contributed by atoms with E-state index in [1.165, 1.54) is 0 Å². The van der Waals surface area contributed by atoms with Gasteiger partial charge in [0.2, 0.25) is 0 Å². The number of H-pyrrole nitrogens is 2. The van der Waals surface area contributed by atoms with Crippen molar-refractivity contribution in [2.45, 2.75) is 13.8 Å². The predicted molar refractivity (Wildman–Crippen MR) is 119 cm³/mol. The first-order valence-corrected chi connectivity index (χ1v) is 9.85. The van der Waals surface area contributed by atoms with Crippen LogP contribution in [-0.2, 0) is 0 Å². The first-order chi connectivity index (χ1) is 15.5. The van der Waals surface area contributed by atoms with Crippen LogP contribution in [0.1, 0.15) is 21.7 Å². The summed E-state index contributed by atoms with van der Waals surface area (Å²) in [7, 11) is 0. The lowest BCUT2D eigenvalue weighted by Gasteiger charge is -2.10. The molecule has 0 aliphatic rings. The van der Waals surface area contributed by atoms with E-state index in [4.69, 9.17) is 0 Å². The molecular formula is C22H18N8O2. The van der Waals surface area contributed by atoms with Crippen molar-refractivity contribution in [2.75, 3.05) is 5.32 Å². The van der Waals surface area contributed by atoms with E-state index in [9.17, 15) is 9.59 Å². The molecule has 5 aromatic rings. The van der Waals surface area contributed by atoms with Gasteiger partial charge in [-0.05, 0) is 37.6 Å². The SMILES string of the molecule is Cc1ccc(-c2n[nH]c(=O)[nH]2)cc1NC(=O)c1nnn(-c2cccc3cccnc23)c1C. The molecule has 1 amide bonds.